The maximum absolute atomic E-state index is 13.3. The molecule has 7 heteroatoms. The molecular weight excluding hydrogens is 490 g/mol. The number of aryl methyl sites for hydroxylation is 1. The molecule has 1 aromatic heterocycles. The molecule has 0 aliphatic carbocycles. The van der Waals surface area contributed by atoms with E-state index in [1.54, 1.807) is 42.5 Å². The monoisotopic (exact) mass is 517 g/mol. The summed E-state index contributed by atoms with van der Waals surface area (Å²) < 4.78 is 11.3. The number of ether oxygens (including phenoxy) is 2. The van der Waals surface area contributed by atoms with Gasteiger partial charge in [0.05, 0.1) is 18.4 Å². The minimum atomic E-state index is -0.472. The van der Waals surface area contributed by atoms with E-state index in [1.165, 1.54) is 6.21 Å². The zero-order chi connectivity index (χ0) is 27.2. The van der Waals surface area contributed by atoms with Gasteiger partial charge in [-0.25, -0.2) is 10.2 Å². The molecule has 5 aromatic rings. The molecule has 4 aromatic carbocycles. The van der Waals surface area contributed by atoms with Crippen molar-refractivity contribution >= 4 is 29.0 Å². The summed E-state index contributed by atoms with van der Waals surface area (Å²) in [7, 11) is 0. The predicted molar refractivity (Wildman–Crippen MR) is 153 cm³/mol. The van der Waals surface area contributed by atoms with Crippen molar-refractivity contribution in [2.24, 2.45) is 5.10 Å². The fourth-order valence-corrected chi connectivity index (χ4v) is 4.33. The van der Waals surface area contributed by atoms with Gasteiger partial charge in [0.25, 0.3) is 5.91 Å². The highest BCUT2D eigenvalue weighted by Crippen LogP contribution is 2.34. The van der Waals surface area contributed by atoms with Gasteiger partial charge in [-0.1, -0.05) is 60.2 Å². The Kier molecular flexibility index (Phi) is 7.50. The second kappa shape index (κ2) is 11.5. The number of nitrogens with zero attached hydrogens (tertiary/aromatic N) is 1. The lowest BCUT2D eigenvalue weighted by Crippen LogP contribution is -2.19. The number of hydrazone groups is 1. The highest BCUT2D eigenvalue weighted by molar-refractivity contribution is 6.10. The van der Waals surface area contributed by atoms with Gasteiger partial charge in [0.15, 0.2) is 0 Å². The SMILES string of the molecule is CCOc1ccc2[nH]c(C(=O)NN=Cc3ccccc3OC(=O)c3cccc(C)c3)c(-c3ccccc3)c2c1. The summed E-state index contributed by atoms with van der Waals surface area (Å²) in [5.41, 5.74) is 7.39. The van der Waals surface area contributed by atoms with Gasteiger partial charge in [-0.05, 0) is 61.9 Å². The molecular formula is C32H27N3O4. The van der Waals surface area contributed by atoms with Crippen LogP contribution in [0.3, 0.4) is 0 Å². The Labute approximate surface area is 226 Å². The van der Waals surface area contributed by atoms with Gasteiger partial charge in [-0.15, -0.1) is 0 Å². The average Bonchev–Trinajstić information content (AvgIpc) is 3.33. The van der Waals surface area contributed by atoms with E-state index in [1.807, 2.05) is 68.4 Å². The normalized spacial score (nSPS) is 11.0. The zero-order valence-corrected chi connectivity index (χ0v) is 21.6. The number of H-pyrrole nitrogens is 1. The molecule has 0 aliphatic heterocycles. The van der Waals surface area contributed by atoms with E-state index in [0.717, 1.165) is 33.3 Å². The molecule has 39 heavy (non-hydrogen) atoms. The number of hydrogen-bond donors (Lipinski definition) is 2. The number of rotatable bonds is 8. The summed E-state index contributed by atoms with van der Waals surface area (Å²) in [6, 6.07) is 29.6. The molecule has 0 saturated heterocycles. The number of hydrogen-bond acceptors (Lipinski definition) is 5. The van der Waals surface area contributed by atoms with Gasteiger partial charge in [0.1, 0.15) is 17.2 Å². The number of aromatic nitrogens is 1. The number of benzene rings is 4. The van der Waals surface area contributed by atoms with Crippen LogP contribution >= 0.6 is 0 Å². The third-order valence-corrected chi connectivity index (χ3v) is 6.12. The van der Waals surface area contributed by atoms with Crippen molar-refractivity contribution in [2.75, 3.05) is 6.61 Å². The number of para-hydroxylation sites is 1. The maximum atomic E-state index is 13.3. The highest BCUT2D eigenvalue weighted by Gasteiger charge is 2.20. The zero-order valence-electron chi connectivity index (χ0n) is 21.6. The Morgan fingerprint density at radius 3 is 2.51 bits per heavy atom. The predicted octanol–water partition coefficient (Wildman–Crippen LogP) is 6.53. The Morgan fingerprint density at radius 1 is 0.923 bits per heavy atom. The number of fused-ring (bicyclic) bond motifs is 1. The summed E-state index contributed by atoms with van der Waals surface area (Å²) in [6.07, 6.45) is 1.45. The first kappa shape index (κ1) is 25.5. The molecule has 0 spiro atoms. The molecule has 0 fully saturated rings. The molecule has 2 N–H and O–H groups in total. The molecule has 0 radical (unpaired) electrons. The first-order valence-corrected chi connectivity index (χ1v) is 12.6. The Morgan fingerprint density at radius 2 is 1.72 bits per heavy atom. The topological polar surface area (TPSA) is 92.8 Å². The molecule has 194 valence electrons. The number of aromatic amines is 1. The fraction of sp³-hybridized carbons (Fsp3) is 0.0938. The lowest BCUT2D eigenvalue weighted by molar-refractivity contribution is 0.0734. The van der Waals surface area contributed by atoms with E-state index in [9.17, 15) is 9.59 Å². The van der Waals surface area contributed by atoms with Crippen LogP contribution in [0.4, 0.5) is 0 Å². The van der Waals surface area contributed by atoms with Crippen LogP contribution in [0.1, 0.15) is 38.9 Å². The largest absolute Gasteiger partial charge is 0.494 e. The summed E-state index contributed by atoms with van der Waals surface area (Å²) in [5.74, 6) is 0.179. The lowest BCUT2D eigenvalue weighted by atomic mass is 10.0. The van der Waals surface area contributed by atoms with E-state index in [4.69, 9.17) is 9.47 Å². The molecule has 5 rings (SSSR count). The van der Waals surface area contributed by atoms with E-state index in [-0.39, 0.29) is 0 Å². The highest BCUT2D eigenvalue weighted by atomic mass is 16.5. The van der Waals surface area contributed by atoms with Gasteiger partial charge in [-0.2, -0.15) is 5.10 Å². The van der Waals surface area contributed by atoms with Crippen LogP contribution in [-0.4, -0.2) is 29.7 Å². The molecule has 0 saturated carbocycles. The van der Waals surface area contributed by atoms with E-state index >= 15 is 0 Å². The number of nitrogens with one attached hydrogen (secondary N) is 2. The third kappa shape index (κ3) is 5.72. The fourth-order valence-electron chi connectivity index (χ4n) is 4.33. The first-order valence-electron chi connectivity index (χ1n) is 12.6. The third-order valence-electron chi connectivity index (χ3n) is 6.12. The van der Waals surface area contributed by atoms with Crippen LogP contribution in [0.25, 0.3) is 22.0 Å². The Bertz CT molecular complexity index is 1670. The lowest BCUT2D eigenvalue weighted by Gasteiger charge is -2.08. The van der Waals surface area contributed by atoms with Crippen molar-refractivity contribution < 1.29 is 19.1 Å². The summed E-state index contributed by atoms with van der Waals surface area (Å²) in [6.45, 7) is 4.38. The summed E-state index contributed by atoms with van der Waals surface area (Å²) in [4.78, 5) is 29.2. The van der Waals surface area contributed by atoms with Crippen molar-refractivity contribution in [1.82, 2.24) is 10.4 Å². The van der Waals surface area contributed by atoms with Crippen LogP contribution < -0.4 is 14.9 Å². The van der Waals surface area contributed by atoms with Crippen LogP contribution in [0.15, 0.2) is 102 Å². The minimum Gasteiger partial charge on any atom is -0.494 e. The molecule has 0 bridgehead atoms. The van der Waals surface area contributed by atoms with Gasteiger partial charge in [-0.3, -0.25) is 4.79 Å². The second-order valence-electron chi connectivity index (χ2n) is 8.88. The molecule has 0 atom stereocenters. The maximum Gasteiger partial charge on any atom is 0.343 e. The van der Waals surface area contributed by atoms with E-state index in [2.05, 4.69) is 15.5 Å². The van der Waals surface area contributed by atoms with Crippen LogP contribution in [0.2, 0.25) is 0 Å². The molecule has 0 aliphatic rings. The van der Waals surface area contributed by atoms with Crippen molar-refractivity contribution in [2.45, 2.75) is 13.8 Å². The Hall–Kier alpha value is -5.17. The average molecular weight is 518 g/mol. The van der Waals surface area contributed by atoms with E-state index in [0.29, 0.717) is 29.2 Å². The van der Waals surface area contributed by atoms with Crippen LogP contribution in [0, 0.1) is 6.92 Å². The molecule has 7 nitrogen and oxygen atoms in total. The molecule has 1 heterocycles. The van der Waals surface area contributed by atoms with Crippen molar-refractivity contribution in [3.8, 4) is 22.6 Å². The standard InChI is InChI=1S/C32H27N3O4/c1-3-38-25-16-17-27-26(19-25)29(22-11-5-4-6-12-22)30(34-27)31(36)35-33-20-24-13-7-8-15-28(24)39-32(37)23-14-9-10-21(2)18-23/h4-20,34H,3H2,1-2H3,(H,35,36). The second-order valence-corrected chi connectivity index (χ2v) is 8.88. The quantitative estimate of drug-likeness (QED) is 0.106. The molecule has 0 unspecified atom stereocenters. The van der Waals surface area contributed by atoms with Gasteiger partial charge < -0.3 is 14.5 Å². The van der Waals surface area contributed by atoms with Crippen LogP contribution in [0.5, 0.6) is 11.5 Å². The summed E-state index contributed by atoms with van der Waals surface area (Å²) >= 11 is 0. The minimum absolute atomic E-state index is 0.334. The first-order chi connectivity index (χ1) is 19.0. The number of amides is 1. The smallest absolute Gasteiger partial charge is 0.343 e. The molecule has 1 amide bonds. The number of carbonyl (C=O) groups is 2. The number of esters is 1. The van der Waals surface area contributed by atoms with Crippen molar-refractivity contribution in [3.05, 3.63) is 119 Å². The summed E-state index contributed by atoms with van der Waals surface area (Å²) in [5, 5.41) is 5.03. The van der Waals surface area contributed by atoms with Gasteiger partial charge in [0, 0.05) is 22.0 Å². The number of carbonyl (C=O) groups excluding carboxylic acids is 2. The van der Waals surface area contributed by atoms with Crippen LogP contribution in [-0.2, 0) is 0 Å². The Balaban J connectivity index is 1.40. The van der Waals surface area contributed by atoms with Gasteiger partial charge in [0.2, 0.25) is 0 Å². The van der Waals surface area contributed by atoms with Gasteiger partial charge >= 0.3 is 5.97 Å². The van der Waals surface area contributed by atoms with Crippen molar-refractivity contribution in [1.29, 1.82) is 0 Å². The van der Waals surface area contributed by atoms with E-state index < -0.39 is 11.9 Å². The van der Waals surface area contributed by atoms with Crippen molar-refractivity contribution in [3.63, 3.8) is 0 Å².